The van der Waals surface area contributed by atoms with Crippen molar-refractivity contribution >= 4 is 0 Å². The van der Waals surface area contributed by atoms with Crippen LogP contribution in [0.5, 0.6) is 0 Å². The van der Waals surface area contributed by atoms with Gasteiger partial charge in [0.1, 0.15) is 11.4 Å². The number of rotatable bonds is 0. The maximum absolute atomic E-state index is 4.71. The van der Waals surface area contributed by atoms with Gasteiger partial charge in [-0.15, -0.1) is 0 Å². The van der Waals surface area contributed by atoms with Crippen molar-refractivity contribution in [3.05, 3.63) is 11.4 Å². The van der Waals surface area contributed by atoms with Crippen LogP contribution in [0.2, 0.25) is 0 Å². The van der Waals surface area contributed by atoms with E-state index in [-0.39, 0.29) is 5.41 Å². The molecule has 1 aromatic rings. The van der Waals surface area contributed by atoms with Gasteiger partial charge in [-0.3, -0.25) is 0 Å². The van der Waals surface area contributed by atoms with Crippen molar-refractivity contribution in [3.8, 4) is 0 Å². The predicted molar refractivity (Wildman–Crippen MR) is 44.8 cm³/mol. The summed E-state index contributed by atoms with van der Waals surface area (Å²) in [4.78, 5) is 0. The molecule has 0 bridgehead atoms. The van der Waals surface area contributed by atoms with E-state index in [1.807, 2.05) is 0 Å². The Morgan fingerprint density at radius 3 is 2.75 bits per heavy atom. The molecule has 1 aliphatic carbocycles. The summed E-state index contributed by atoms with van der Waals surface area (Å²) in [5.74, 6) is 0.527. The number of fused-ring (bicyclic) bond motifs is 1. The summed E-state index contributed by atoms with van der Waals surface area (Å²) >= 11 is 0. The standard InChI is InChI=1S/C9H14N2O/c1-9(2,3)6-4-5-7-8(6)11-12-10-7/h6H,4-5H2,1-3H3. The second-order valence-electron chi connectivity index (χ2n) is 4.55. The van der Waals surface area contributed by atoms with Crippen LogP contribution in [-0.2, 0) is 6.42 Å². The second kappa shape index (κ2) is 2.31. The van der Waals surface area contributed by atoms with Crippen molar-refractivity contribution in [1.82, 2.24) is 10.3 Å². The highest BCUT2D eigenvalue weighted by Gasteiger charge is 2.36. The van der Waals surface area contributed by atoms with Gasteiger partial charge in [0.05, 0.1) is 0 Å². The molecule has 1 heterocycles. The summed E-state index contributed by atoms with van der Waals surface area (Å²) in [6, 6.07) is 0. The van der Waals surface area contributed by atoms with E-state index in [1.54, 1.807) is 0 Å². The maximum Gasteiger partial charge on any atom is 0.111 e. The van der Waals surface area contributed by atoms with E-state index in [1.165, 1.54) is 6.42 Å². The molecule has 0 amide bonds. The Labute approximate surface area is 72.1 Å². The summed E-state index contributed by atoms with van der Waals surface area (Å²) in [6.07, 6.45) is 2.20. The molecule has 0 radical (unpaired) electrons. The molecule has 0 N–H and O–H groups in total. The van der Waals surface area contributed by atoms with Gasteiger partial charge in [0.25, 0.3) is 0 Å². The zero-order chi connectivity index (χ0) is 8.77. The van der Waals surface area contributed by atoms with Crippen LogP contribution in [0.1, 0.15) is 44.5 Å². The van der Waals surface area contributed by atoms with Crippen molar-refractivity contribution in [3.63, 3.8) is 0 Å². The number of aromatic nitrogens is 2. The van der Waals surface area contributed by atoms with Crippen LogP contribution in [0.25, 0.3) is 0 Å². The van der Waals surface area contributed by atoms with Crippen LogP contribution >= 0.6 is 0 Å². The van der Waals surface area contributed by atoms with Gasteiger partial charge in [-0.05, 0) is 18.3 Å². The molecular weight excluding hydrogens is 152 g/mol. The third kappa shape index (κ3) is 1.04. The molecule has 66 valence electrons. The van der Waals surface area contributed by atoms with Crippen LogP contribution < -0.4 is 0 Å². The minimum atomic E-state index is 0.282. The highest BCUT2D eigenvalue weighted by molar-refractivity contribution is 5.21. The van der Waals surface area contributed by atoms with Gasteiger partial charge in [0.2, 0.25) is 0 Å². The molecule has 2 rings (SSSR count). The largest absolute Gasteiger partial charge is 0.244 e. The lowest BCUT2D eigenvalue weighted by atomic mass is 9.79. The van der Waals surface area contributed by atoms with Gasteiger partial charge in [-0.2, -0.15) is 0 Å². The fourth-order valence-corrected chi connectivity index (χ4v) is 1.91. The van der Waals surface area contributed by atoms with Crippen molar-refractivity contribution < 1.29 is 4.63 Å². The highest BCUT2D eigenvalue weighted by Crippen LogP contribution is 2.42. The predicted octanol–water partition coefficient (Wildman–Crippen LogP) is 2.15. The molecule has 0 aliphatic heterocycles. The van der Waals surface area contributed by atoms with Crippen molar-refractivity contribution in [2.75, 3.05) is 0 Å². The van der Waals surface area contributed by atoms with E-state index in [4.69, 9.17) is 4.63 Å². The Morgan fingerprint density at radius 1 is 1.33 bits per heavy atom. The minimum Gasteiger partial charge on any atom is -0.244 e. The Hall–Kier alpha value is -0.860. The lowest BCUT2D eigenvalue weighted by molar-refractivity contribution is 0.263. The molecule has 1 unspecified atom stereocenters. The van der Waals surface area contributed by atoms with Crippen LogP contribution in [0.3, 0.4) is 0 Å². The Morgan fingerprint density at radius 2 is 2.08 bits per heavy atom. The minimum absolute atomic E-state index is 0.282. The first-order chi connectivity index (χ1) is 5.59. The average Bonchev–Trinajstić information content (AvgIpc) is 2.37. The molecule has 3 nitrogen and oxygen atoms in total. The van der Waals surface area contributed by atoms with Gasteiger partial charge in [0, 0.05) is 5.92 Å². The smallest absolute Gasteiger partial charge is 0.111 e. The zero-order valence-corrected chi connectivity index (χ0v) is 7.79. The molecule has 12 heavy (non-hydrogen) atoms. The summed E-state index contributed by atoms with van der Waals surface area (Å²) in [5.41, 5.74) is 2.43. The maximum atomic E-state index is 4.71. The molecule has 0 saturated heterocycles. The lowest BCUT2D eigenvalue weighted by Gasteiger charge is -2.25. The van der Waals surface area contributed by atoms with E-state index in [0.29, 0.717) is 5.92 Å². The summed E-state index contributed by atoms with van der Waals surface area (Å²) < 4.78 is 4.71. The summed E-state index contributed by atoms with van der Waals surface area (Å²) in [7, 11) is 0. The van der Waals surface area contributed by atoms with E-state index in [2.05, 4.69) is 31.1 Å². The Kier molecular flexibility index (Phi) is 1.50. The fraction of sp³-hybridized carbons (Fsp3) is 0.778. The number of aryl methyl sites for hydroxylation is 1. The highest BCUT2D eigenvalue weighted by atomic mass is 16.6. The monoisotopic (exact) mass is 166 g/mol. The van der Waals surface area contributed by atoms with Gasteiger partial charge in [-0.25, -0.2) is 4.63 Å². The SMILES string of the molecule is CC(C)(C)C1CCc2nonc21. The molecule has 0 fully saturated rings. The Balaban J connectivity index is 2.34. The van der Waals surface area contributed by atoms with Crippen molar-refractivity contribution in [2.45, 2.75) is 39.5 Å². The average molecular weight is 166 g/mol. The number of hydrogen-bond acceptors (Lipinski definition) is 3. The Bertz CT molecular complexity index is 285. The van der Waals surface area contributed by atoms with Crippen LogP contribution in [0, 0.1) is 5.41 Å². The van der Waals surface area contributed by atoms with Gasteiger partial charge in [0.15, 0.2) is 0 Å². The van der Waals surface area contributed by atoms with Crippen molar-refractivity contribution in [1.29, 1.82) is 0 Å². The second-order valence-corrected chi connectivity index (χ2v) is 4.55. The van der Waals surface area contributed by atoms with Gasteiger partial charge < -0.3 is 0 Å². The third-order valence-corrected chi connectivity index (χ3v) is 2.63. The molecule has 1 aromatic heterocycles. The van der Waals surface area contributed by atoms with E-state index in [9.17, 15) is 0 Å². The van der Waals surface area contributed by atoms with Crippen LogP contribution in [-0.4, -0.2) is 10.3 Å². The zero-order valence-electron chi connectivity index (χ0n) is 7.79. The van der Waals surface area contributed by atoms with E-state index in [0.717, 1.165) is 17.8 Å². The number of hydrogen-bond donors (Lipinski definition) is 0. The van der Waals surface area contributed by atoms with Gasteiger partial charge >= 0.3 is 0 Å². The van der Waals surface area contributed by atoms with Crippen LogP contribution in [0.15, 0.2) is 4.63 Å². The first-order valence-corrected chi connectivity index (χ1v) is 4.40. The summed E-state index contributed by atoms with van der Waals surface area (Å²) in [5, 5.41) is 7.83. The molecule has 1 atom stereocenters. The first-order valence-electron chi connectivity index (χ1n) is 4.40. The molecular formula is C9H14N2O. The van der Waals surface area contributed by atoms with E-state index < -0.39 is 0 Å². The molecule has 0 spiro atoms. The molecule has 1 aliphatic rings. The molecule has 0 aromatic carbocycles. The normalized spacial score (nSPS) is 22.8. The number of nitrogens with zero attached hydrogens (tertiary/aromatic N) is 2. The molecule has 0 saturated carbocycles. The summed E-state index contributed by atoms with van der Waals surface area (Å²) in [6.45, 7) is 6.71. The quantitative estimate of drug-likeness (QED) is 0.592. The lowest BCUT2D eigenvalue weighted by Crippen LogP contribution is -2.16. The van der Waals surface area contributed by atoms with Crippen LogP contribution in [0.4, 0.5) is 0 Å². The van der Waals surface area contributed by atoms with Gasteiger partial charge in [-0.1, -0.05) is 31.1 Å². The first kappa shape index (κ1) is 7.77. The van der Waals surface area contributed by atoms with E-state index >= 15 is 0 Å². The van der Waals surface area contributed by atoms with Crippen molar-refractivity contribution in [2.24, 2.45) is 5.41 Å². The third-order valence-electron chi connectivity index (χ3n) is 2.63. The topological polar surface area (TPSA) is 38.9 Å². The fourth-order valence-electron chi connectivity index (χ4n) is 1.91. The molecule has 3 heteroatoms.